The van der Waals surface area contributed by atoms with Crippen LogP contribution in [0.4, 0.5) is 5.69 Å². The summed E-state index contributed by atoms with van der Waals surface area (Å²) in [5, 5.41) is 15.1. The van der Waals surface area contributed by atoms with Crippen LogP contribution in [0.3, 0.4) is 0 Å². The highest BCUT2D eigenvalue weighted by atomic mass is 35.5. The zero-order chi connectivity index (χ0) is 18.7. The monoisotopic (exact) mass is 377 g/mol. The van der Waals surface area contributed by atoms with Gasteiger partial charge in [0, 0.05) is 41.1 Å². The molecular weight excluding hydrogens is 358 g/mol. The molecule has 1 aliphatic carbocycles. The number of anilines is 1. The molecule has 1 aromatic heterocycles. The van der Waals surface area contributed by atoms with Crippen LogP contribution in [0.5, 0.6) is 0 Å². The molecule has 0 spiro atoms. The molecule has 0 aliphatic heterocycles. The van der Waals surface area contributed by atoms with Gasteiger partial charge in [0.05, 0.1) is 11.0 Å². The van der Waals surface area contributed by atoms with Gasteiger partial charge in [-0.25, -0.2) is 0 Å². The summed E-state index contributed by atoms with van der Waals surface area (Å²) in [6, 6.07) is 13.5. The minimum Gasteiger partial charge on any atom is -0.382 e. The van der Waals surface area contributed by atoms with Gasteiger partial charge < -0.3 is 10.4 Å². The first-order valence-electron chi connectivity index (χ1n) is 9.08. The lowest BCUT2D eigenvalue weighted by Gasteiger charge is -2.34. The van der Waals surface area contributed by atoms with E-state index in [2.05, 4.69) is 27.1 Å². The van der Waals surface area contributed by atoms with Crippen molar-refractivity contribution in [1.82, 2.24) is 9.97 Å². The summed E-state index contributed by atoms with van der Waals surface area (Å²) in [5.74, 6) is 6.15. The van der Waals surface area contributed by atoms with E-state index in [1.54, 1.807) is 12.4 Å². The van der Waals surface area contributed by atoms with Gasteiger partial charge in [-0.15, -0.1) is 0 Å². The second-order valence-electron chi connectivity index (χ2n) is 6.99. The minimum atomic E-state index is -0.991. The Labute approximate surface area is 163 Å². The third-order valence-corrected chi connectivity index (χ3v) is 5.07. The van der Waals surface area contributed by atoms with Gasteiger partial charge in [-0.3, -0.25) is 9.97 Å². The van der Waals surface area contributed by atoms with Gasteiger partial charge in [0.2, 0.25) is 0 Å². The molecule has 1 heterocycles. The predicted octanol–water partition coefficient (Wildman–Crippen LogP) is 4.42. The van der Waals surface area contributed by atoms with Gasteiger partial charge in [0.25, 0.3) is 0 Å². The first-order valence-corrected chi connectivity index (χ1v) is 9.46. The van der Waals surface area contributed by atoms with Crippen LogP contribution in [0.15, 0.2) is 54.9 Å². The fourth-order valence-corrected chi connectivity index (χ4v) is 3.72. The molecular formula is C22H20ClN3O. The normalized spacial score (nSPS) is 22.1. The molecule has 5 heteroatoms. The van der Waals surface area contributed by atoms with E-state index in [0.717, 1.165) is 35.1 Å². The lowest BCUT2D eigenvalue weighted by molar-refractivity contribution is 0.0562. The van der Waals surface area contributed by atoms with Crippen LogP contribution in [-0.2, 0) is 0 Å². The summed E-state index contributed by atoms with van der Waals surface area (Å²) < 4.78 is 0. The van der Waals surface area contributed by atoms with Gasteiger partial charge >= 0.3 is 0 Å². The fourth-order valence-electron chi connectivity index (χ4n) is 3.53. The van der Waals surface area contributed by atoms with E-state index in [1.165, 1.54) is 0 Å². The average Bonchev–Trinajstić information content (AvgIpc) is 2.67. The number of hydrogen-bond donors (Lipinski definition) is 2. The zero-order valence-corrected chi connectivity index (χ0v) is 15.6. The highest BCUT2D eigenvalue weighted by Gasteiger charge is 2.32. The quantitative estimate of drug-likeness (QED) is 0.649. The van der Waals surface area contributed by atoms with Crippen LogP contribution < -0.4 is 5.32 Å². The SMILES string of the molecule is O[C@@]1(C#Cc2cccc(Cl)c2)CCC[C@H](Nc2ccc3nccnc3c2)C1. The molecule has 1 saturated carbocycles. The number of hydrogen-bond acceptors (Lipinski definition) is 4. The molecule has 4 rings (SSSR count). The first-order chi connectivity index (χ1) is 13.1. The standard InChI is InChI=1S/C22H20ClN3O/c23-17-4-1-3-16(13-17)8-10-22(27)9-2-5-19(15-22)26-18-6-7-20-21(14-18)25-12-11-24-20/h1,3-4,6-7,11-14,19,26-27H,2,5,9,15H2/t19-,22+/m0/s1. The fraction of sp³-hybridized carbons (Fsp3) is 0.273. The number of rotatable bonds is 2. The maximum absolute atomic E-state index is 11.0. The van der Waals surface area contributed by atoms with E-state index >= 15 is 0 Å². The third kappa shape index (κ3) is 4.39. The van der Waals surface area contributed by atoms with E-state index in [4.69, 9.17) is 11.6 Å². The number of nitrogens with one attached hydrogen (secondary N) is 1. The van der Waals surface area contributed by atoms with E-state index in [9.17, 15) is 5.11 Å². The topological polar surface area (TPSA) is 58.0 Å². The Balaban J connectivity index is 1.48. The van der Waals surface area contributed by atoms with Crippen molar-refractivity contribution in [2.45, 2.75) is 37.3 Å². The second-order valence-corrected chi connectivity index (χ2v) is 7.43. The minimum absolute atomic E-state index is 0.159. The Bertz CT molecular complexity index is 1030. The Morgan fingerprint density at radius 1 is 1.11 bits per heavy atom. The largest absolute Gasteiger partial charge is 0.382 e. The van der Waals surface area contributed by atoms with Crippen molar-refractivity contribution < 1.29 is 5.11 Å². The maximum atomic E-state index is 11.0. The lowest BCUT2D eigenvalue weighted by atomic mass is 9.82. The highest BCUT2D eigenvalue weighted by molar-refractivity contribution is 6.30. The summed E-state index contributed by atoms with van der Waals surface area (Å²) in [6.07, 6.45) is 6.57. The van der Waals surface area contributed by atoms with Gasteiger partial charge in [0.15, 0.2) is 0 Å². The molecule has 2 aromatic carbocycles. The van der Waals surface area contributed by atoms with Crippen molar-refractivity contribution in [2.75, 3.05) is 5.32 Å². The molecule has 0 radical (unpaired) electrons. The molecule has 1 aliphatic rings. The van der Waals surface area contributed by atoms with Gasteiger partial charge in [-0.1, -0.05) is 29.5 Å². The van der Waals surface area contributed by atoms with Gasteiger partial charge in [-0.05, 0) is 55.7 Å². The Hall–Kier alpha value is -2.61. The summed E-state index contributed by atoms with van der Waals surface area (Å²) in [6.45, 7) is 0. The first kappa shape index (κ1) is 17.8. The Morgan fingerprint density at radius 3 is 2.81 bits per heavy atom. The lowest BCUT2D eigenvalue weighted by Crippen LogP contribution is -2.39. The van der Waals surface area contributed by atoms with Crippen LogP contribution >= 0.6 is 11.6 Å². The molecule has 4 nitrogen and oxygen atoms in total. The van der Waals surface area contributed by atoms with E-state index < -0.39 is 5.60 Å². The molecule has 1 fully saturated rings. The molecule has 0 bridgehead atoms. The molecule has 2 N–H and O–H groups in total. The molecule has 3 aromatic rings. The molecule has 0 saturated heterocycles. The number of aliphatic hydroxyl groups is 1. The number of halogens is 1. The summed E-state index contributed by atoms with van der Waals surface area (Å²) >= 11 is 6.01. The van der Waals surface area contributed by atoms with Crippen LogP contribution in [-0.4, -0.2) is 26.7 Å². The van der Waals surface area contributed by atoms with Crippen molar-refractivity contribution in [3.8, 4) is 11.8 Å². The van der Waals surface area contributed by atoms with Crippen LogP contribution in [0, 0.1) is 11.8 Å². The van der Waals surface area contributed by atoms with Crippen molar-refractivity contribution >= 4 is 28.3 Å². The van der Waals surface area contributed by atoms with Gasteiger partial charge in [-0.2, -0.15) is 0 Å². The maximum Gasteiger partial charge on any atom is 0.127 e. The zero-order valence-electron chi connectivity index (χ0n) is 14.8. The smallest absolute Gasteiger partial charge is 0.127 e. The number of aromatic nitrogens is 2. The van der Waals surface area contributed by atoms with Crippen LogP contribution in [0.1, 0.15) is 31.2 Å². The Kier molecular flexibility index (Phi) is 4.98. The van der Waals surface area contributed by atoms with Crippen molar-refractivity contribution in [1.29, 1.82) is 0 Å². The van der Waals surface area contributed by atoms with Crippen LogP contribution in [0.25, 0.3) is 11.0 Å². The number of nitrogens with zero attached hydrogens (tertiary/aromatic N) is 2. The van der Waals surface area contributed by atoms with Crippen molar-refractivity contribution in [2.24, 2.45) is 0 Å². The Morgan fingerprint density at radius 2 is 1.96 bits per heavy atom. The molecule has 0 unspecified atom stereocenters. The average molecular weight is 378 g/mol. The van der Waals surface area contributed by atoms with Crippen LogP contribution in [0.2, 0.25) is 5.02 Å². The number of benzene rings is 2. The predicted molar refractivity (Wildman–Crippen MR) is 109 cm³/mol. The van der Waals surface area contributed by atoms with E-state index in [0.29, 0.717) is 17.9 Å². The molecule has 0 amide bonds. The van der Waals surface area contributed by atoms with E-state index in [1.807, 2.05) is 42.5 Å². The van der Waals surface area contributed by atoms with E-state index in [-0.39, 0.29) is 6.04 Å². The highest BCUT2D eigenvalue weighted by Crippen LogP contribution is 2.30. The molecule has 2 atom stereocenters. The second kappa shape index (κ2) is 7.56. The number of fused-ring (bicyclic) bond motifs is 1. The van der Waals surface area contributed by atoms with Crippen molar-refractivity contribution in [3.05, 3.63) is 65.4 Å². The molecule has 27 heavy (non-hydrogen) atoms. The molecule has 136 valence electrons. The van der Waals surface area contributed by atoms with Crippen molar-refractivity contribution in [3.63, 3.8) is 0 Å². The third-order valence-electron chi connectivity index (χ3n) is 4.83. The summed E-state index contributed by atoms with van der Waals surface area (Å²) in [7, 11) is 0. The summed E-state index contributed by atoms with van der Waals surface area (Å²) in [5.41, 5.74) is 2.54. The van der Waals surface area contributed by atoms with Gasteiger partial charge in [0.1, 0.15) is 5.60 Å². The summed E-state index contributed by atoms with van der Waals surface area (Å²) in [4.78, 5) is 8.64.